The highest BCUT2D eigenvalue weighted by Crippen LogP contribution is 2.63. The number of hydrogen-bond acceptors (Lipinski definition) is 0. The lowest BCUT2D eigenvalue weighted by atomic mass is 9.64. The number of fused-ring (bicyclic) bond motifs is 3. The van der Waals surface area contributed by atoms with Gasteiger partial charge < -0.3 is 0 Å². The van der Waals surface area contributed by atoms with Gasteiger partial charge in [-0.15, -0.1) is 0 Å². The maximum Gasteiger partial charge on any atom is 0.0180 e. The molecule has 144 valence electrons. The normalized spacial score (nSPS) is 34.2. The fourth-order valence-electron chi connectivity index (χ4n) is 6.55. The van der Waals surface area contributed by atoms with Gasteiger partial charge in [0.25, 0.3) is 0 Å². The summed E-state index contributed by atoms with van der Waals surface area (Å²) in [5.74, 6) is 1.36. The molecule has 3 atom stereocenters. The second kappa shape index (κ2) is 6.73. The van der Waals surface area contributed by atoms with Gasteiger partial charge in [0, 0.05) is 11.3 Å². The maximum atomic E-state index is 2.69. The molecule has 0 spiro atoms. The molecule has 0 heterocycles. The molecule has 0 saturated heterocycles. The van der Waals surface area contributed by atoms with E-state index in [0.29, 0.717) is 5.92 Å². The molecular formula is C29H28. The summed E-state index contributed by atoms with van der Waals surface area (Å²) in [5, 5.41) is 0. The Kier molecular flexibility index (Phi) is 4.01. The Morgan fingerprint density at radius 1 is 0.862 bits per heavy atom. The lowest BCUT2D eigenvalue weighted by Gasteiger charge is -2.40. The van der Waals surface area contributed by atoms with Gasteiger partial charge in [0.05, 0.1) is 0 Å². The minimum absolute atomic E-state index is 0.214. The Morgan fingerprint density at radius 2 is 1.76 bits per heavy atom. The van der Waals surface area contributed by atoms with E-state index in [4.69, 9.17) is 0 Å². The molecule has 0 aliphatic heterocycles. The van der Waals surface area contributed by atoms with Crippen LogP contribution in [0, 0.1) is 17.3 Å². The molecule has 0 nitrogen and oxygen atoms in total. The van der Waals surface area contributed by atoms with Crippen LogP contribution in [0.15, 0.2) is 119 Å². The van der Waals surface area contributed by atoms with Crippen LogP contribution in [0.3, 0.4) is 0 Å². The van der Waals surface area contributed by atoms with Crippen LogP contribution in [-0.4, -0.2) is 0 Å². The Balaban J connectivity index is 1.51. The van der Waals surface area contributed by atoms with Crippen molar-refractivity contribution in [2.24, 2.45) is 17.3 Å². The number of rotatable bonds is 2. The van der Waals surface area contributed by atoms with Crippen molar-refractivity contribution in [2.45, 2.75) is 38.5 Å². The van der Waals surface area contributed by atoms with Gasteiger partial charge in [-0.05, 0) is 66.7 Å². The molecule has 6 aliphatic rings. The first-order valence-corrected chi connectivity index (χ1v) is 11.3. The van der Waals surface area contributed by atoms with Crippen LogP contribution in [0.1, 0.15) is 38.5 Å². The number of allylic oxidation sites excluding steroid dienone is 20. The zero-order valence-electron chi connectivity index (χ0n) is 17.0. The van der Waals surface area contributed by atoms with Crippen LogP contribution in [0.25, 0.3) is 0 Å². The van der Waals surface area contributed by atoms with Gasteiger partial charge in [-0.2, -0.15) is 0 Å². The van der Waals surface area contributed by atoms with E-state index in [1.54, 1.807) is 16.7 Å². The third kappa shape index (κ3) is 2.65. The molecule has 1 fully saturated rings. The van der Waals surface area contributed by atoms with Crippen LogP contribution in [0.5, 0.6) is 0 Å². The summed E-state index contributed by atoms with van der Waals surface area (Å²) in [6.07, 6.45) is 40.1. The average Bonchev–Trinajstić information content (AvgIpc) is 3.16. The molecule has 0 N–H and O–H groups in total. The fraction of sp³-hybridized carbons (Fsp3) is 0.310. The topological polar surface area (TPSA) is 0 Å². The molecule has 0 radical (unpaired) electrons. The van der Waals surface area contributed by atoms with Crippen LogP contribution < -0.4 is 0 Å². The molecule has 3 unspecified atom stereocenters. The highest BCUT2D eigenvalue weighted by Gasteiger charge is 2.51. The maximum absolute atomic E-state index is 2.69. The standard InChI is InChI=1S/C29H28/c1-2-9-23-11-5-7-16-27(25(23)14-3-1)29-18-17-21(20-29)19-28(29)26-15-8-12-22-10-4-6-13-24(22)26/h1-5,7-12,14,16,19,21,26H,6,13,15,17-18,20H2. The first kappa shape index (κ1) is 17.3. The lowest BCUT2D eigenvalue weighted by Crippen LogP contribution is -2.28. The van der Waals surface area contributed by atoms with Gasteiger partial charge in [0.1, 0.15) is 0 Å². The summed E-state index contributed by atoms with van der Waals surface area (Å²) in [5.41, 5.74) is 9.47. The van der Waals surface area contributed by atoms with E-state index < -0.39 is 0 Å². The summed E-state index contributed by atoms with van der Waals surface area (Å²) in [6.45, 7) is 0. The zero-order valence-corrected chi connectivity index (χ0v) is 17.0. The van der Waals surface area contributed by atoms with Gasteiger partial charge in [-0.1, -0.05) is 96.2 Å². The smallest absolute Gasteiger partial charge is 0.0180 e. The summed E-state index contributed by atoms with van der Waals surface area (Å²) in [7, 11) is 0. The molecule has 2 bridgehead atoms. The first-order valence-electron chi connectivity index (χ1n) is 11.3. The minimum atomic E-state index is 0.214. The van der Waals surface area contributed by atoms with Crippen molar-refractivity contribution in [2.75, 3.05) is 0 Å². The Hall–Kier alpha value is -2.60. The second-order valence-corrected chi connectivity index (χ2v) is 9.23. The molecule has 6 rings (SSSR count). The number of hydrogen-bond donors (Lipinski definition) is 0. The van der Waals surface area contributed by atoms with Crippen molar-refractivity contribution in [1.82, 2.24) is 0 Å². The van der Waals surface area contributed by atoms with Crippen LogP contribution in [-0.2, 0) is 0 Å². The Morgan fingerprint density at radius 3 is 2.72 bits per heavy atom. The third-order valence-electron chi connectivity index (χ3n) is 7.76. The molecule has 29 heavy (non-hydrogen) atoms. The fourth-order valence-corrected chi connectivity index (χ4v) is 6.55. The largest absolute Gasteiger partial charge is 0.0836 e. The van der Waals surface area contributed by atoms with E-state index in [9.17, 15) is 0 Å². The van der Waals surface area contributed by atoms with E-state index >= 15 is 0 Å². The SMILES string of the molecule is C1=CC=C2C=CC=CC(C34CCC(C=C3C3CC=CC5=C3CCC=C5)C4)=C2C=C1. The summed E-state index contributed by atoms with van der Waals surface area (Å²) >= 11 is 0. The third-order valence-corrected chi connectivity index (χ3v) is 7.76. The first-order chi connectivity index (χ1) is 14.4. The second-order valence-electron chi connectivity index (χ2n) is 9.23. The van der Waals surface area contributed by atoms with Crippen LogP contribution in [0.4, 0.5) is 0 Å². The van der Waals surface area contributed by atoms with Crippen molar-refractivity contribution < 1.29 is 0 Å². The molecule has 6 aliphatic carbocycles. The molecule has 1 saturated carbocycles. The zero-order chi connectivity index (χ0) is 19.3. The van der Waals surface area contributed by atoms with Crippen molar-refractivity contribution in [1.29, 1.82) is 0 Å². The summed E-state index contributed by atoms with van der Waals surface area (Å²) in [6, 6.07) is 0. The highest BCUT2D eigenvalue weighted by molar-refractivity contribution is 5.62. The lowest BCUT2D eigenvalue weighted by molar-refractivity contribution is 0.415. The van der Waals surface area contributed by atoms with Gasteiger partial charge in [-0.25, -0.2) is 0 Å². The quantitative estimate of drug-likeness (QED) is 0.440. The van der Waals surface area contributed by atoms with Crippen LogP contribution in [0.2, 0.25) is 0 Å². The van der Waals surface area contributed by atoms with E-state index in [0.717, 1.165) is 5.92 Å². The molecule has 0 aromatic carbocycles. The van der Waals surface area contributed by atoms with Crippen molar-refractivity contribution in [3.05, 3.63) is 119 Å². The molecule has 0 heteroatoms. The predicted octanol–water partition coefficient (Wildman–Crippen LogP) is 7.41. The van der Waals surface area contributed by atoms with E-state index in [1.165, 1.54) is 55.2 Å². The summed E-state index contributed by atoms with van der Waals surface area (Å²) in [4.78, 5) is 0. The molecule has 0 aromatic heterocycles. The van der Waals surface area contributed by atoms with Crippen LogP contribution >= 0.6 is 0 Å². The van der Waals surface area contributed by atoms with E-state index in [1.807, 2.05) is 0 Å². The predicted molar refractivity (Wildman–Crippen MR) is 122 cm³/mol. The monoisotopic (exact) mass is 376 g/mol. The van der Waals surface area contributed by atoms with Gasteiger partial charge in [-0.3, -0.25) is 0 Å². The molecule has 0 amide bonds. The highest BCUT2D eigenvalue weighted by atomic mass is 14.5. The Labute approximate surface area is 174 Å². The van der Waals surface area contributed by atoms with E-state index in [-0.39, 0.29) is 5.41 Å². The van der Waals surface area contributed by atoms with Crippen molar-refractivity contribution >= 4 is 0 Å². The molecular weight excluding hydrogens is 348 g/mol. The van der Waals surface area contributed by atoms with Crippen molar-refractivity contribution in [3.63, 3.8) is 0 Å². The van der Waals surface area contributed by atoms with Gasteiger partial charge >= 0.3 is 0 Å². The average molecular weight is 377 g/mol. The van der Waals surface area contributed by atoms with Crippen molar-refractivity contribution in [3.8, 4) is 0 Å². The van der Waals surface area contributed by atoms with Gasteiger partial charge in [0.15, 0.2) is 0 Å². The van der Waals surface area contributed by atoms with Gasteiger partial charge in [0.2, 0.25) is 0 Å². The Bertz CT molecular complexity index is 1050. The summed E-state index contributed by atoms with van der Waals surface area (Å²) < 4.78 is 0. The van der Waals surface area contributed by atoms with E-state index in [2.05, 4.69) is 85.1 Å². The molecule has 0 aromatic rings. The minimum Gasteiger partial charge on any atom is -0.0836 e.